The van der Waals surface area contributed by atoms with Gasteiger partial charge in [0.2, 0.25) is 0 Å². The topological polar surface area (TPSA) is 9.23 Å². The average molecular weight is 428 g/mol. The van der Waals surface area contributed by atoms with Crippen molar-refractivity contribution in [3.05, 3.63) is 77.1 Å². The van der Waals surface area contributed by atoms with E-state index in [2.05, 4.69) is 23.5 Å². The lowest BCUT2D eigenvalue weighted by Crippen LogP contribution is -2.16. The predicted molar refractivity (Wildman–Crippen MR) is 115 cm³/mol. The normalized spacial score (nSPS) is 11.3. The molecule has 5 heteroatoms. The van der Waals surface area contributed by atoms with Gasteiger partial charge in [0.05, 0.1) is 5.56 Å². The summed E-state index contributed by atoms with van der Waals surface area (Å²) in [4.78, 5) is 0. The van der Waals surface area contributed by atoms with Crippen LogP contribution in [0.1, 0.15) is 55.7 Å². The fourth-order valence-electron chi connectivity index (χ4n) is 3.41. The molecule has 0 saturated carbocycles. The standard InChI is InChI=1S/C26H24F4O/c1-2-3-4-5-6-7-20-11-17-24-22(18-20)14-13-21(25(24)27)12-8-19-9-15-23(16-10-19)31-26(28,29)30/h9-11,13-18H,2-7H2,1H3. The highest BCUT2D eigenvalue weighted by Gasteiger charge is 2.30. The molecule has 0 aliphatic heterocycles. The molecule has 0 saturated heterocycles. The summed E-state index contributed by atoms with van der Waals surface area (Å²) in [7, 11) is 0. The molecule has 1 nitrogen and oxygen atoms in total. The van der Waals surface area contributed by atoms with E-state index in [4.69, 9.17) is 0 Å². The Hall–Kier alpha value is -3.00. The SMILES string of the molecule is CCCCCCCc1ccc2c(F)c(C#Cc3ccc(OC(F)(F)F)cc3)ccc2c1. The van der Waals surface area contributed by atoms with Crippen LogP contribution < -0.4 is 4.74 Å². The van der Waals surface area contributed by atoms with Gasteiger partial charge in [-0.3, -0.25) is 0 Å². The van der Waals surface area contributed by atoms with Gasteiger partial charge in [-0.2, -0.15) is 0 Å². The molecule has 162 valence electrons. The molecule has 3 rings (SSSR count). The first-order valence-corrected chi connectivity index (χ1v) is 10.4. The van der Waals surface area contributed by atoms with Crippen LogP contribution in [0.4, 0.5) is 17.6 Å². The Morgan fingerprint density at radius 1 is 0.839 bits per heavy atom. The zero-order chi connectivity index (χ0) is 22.3. The van der Waals surface area contributed by atoms with Crippen LogP contribution in [0.25, 0.3) is 10.8 Å². The maximum absolute atomic E-state index is 14.9. The molecule has 0 N–H and O–H groups in total. The number of benzene rings is 3. The zero-order valence-electron chi connectivity index (χ0n) is 17.4. The molecule has 0 atom stereocenters. The summed E-state index contributed by atoms with van der Waals surface area (Å²) >= 11 is 0. The van der Waals surface area contributed by atoms with Crippen molar-refractivity contribution in [3.8, 4) is 17.6 Å². The van der Waals surface area contributed by atoms with Crippen molar-refractivity contribution in [2.75, 3.05) is 0 Å². The van der Waals surface area contributed by atoms with Gasteiger partial charge >= 0.3 is 6.36 Å². The Morgan fingerprint density at radius 3 is 2.29 bits per heavy atom. The van der Waals surface area contributed by atoms with Crippen LogP contribution in [0.5, 0.6) is 5.75 Å². The number of hydrogen-bond donors (Lipinski definition) is 0. The summed E-state index contributed by atoms with van der Waals surface area (Å²) in [5, 5.41) is 1.35. The van der Waals surface area contributed by atoms with Crippen molar-refractivity contribution in [1.82, 2.24) is 0 Å². The molecule has 0 radical (unpaired) electrons. The van der Waals surface area contributed by atoms with Crippen LogP contribution >= 0.6 is 0 Å². The Labute approximate surface area is 180 Å². The van der Waals surface area contributed by atoms with E-state index in [9.17, 15) is 17.6 Å². The summed E-state index contributed by atoms with van der Waals surface area (Å²) < 4.78 is 55.4. The van der Waals surface area contributed by atoms with Gasteiger partial charge in [0, 0.05) is 10.9 Å². The number of ether oxygens (including phenoxy) is 1. The van der Waals surface area contributed by atoms with Crippen LogP contribution in [0.3, 0.4) is 0 Å². The minimum atomic E-state index is -4.74. The number of fused-ring (bicyclic) bond motifs is 1. The summed E-state index contributed by atoms with van der Waals surface area (Å²) in [6.45, 7) is 2.19. The molecule has 0 heterocycles. The van der Waals surface area contributed by atoms with Gasteiger partial charge in [0.15, 0.2) is 0 Å². The maximum Gasteiger partial charge on any atom is 0.573 e. The van der Waals surface area contributed by atoms with Gasteiger partial charge in [-0.25, -0.2) is 4.39 Å². The number of alkyl halides is 3. The summed E-state index contributed by atoms with van der Waals surface area (Å²) in [6.07, 6.45) is 2.31. The molecule has 0 amide bonds. The lowest BCUT2D eigenvalue weighted by Gasteiger charge is -2.08. The Bertz CT molecular complexity index is 1070. The summed E-state index contributed by atoms with van der Waals surface area (Å²) in [5.41, 5.74) is 1.91. The third-order valence-electron chi connectivity index (χ3n) is 5.02. The molecule has 3 aromatic rings. The van der Waals surface area contributed by atoms with Crippen molar-refractivity contribution in [2.45, 2.75) is 51.8 Å². The first-order chi connectivity index (χ1) is 14.9. The lowest BCUT2D eigenvalue weighted by atomic mass is 10.00. The van der Waals surface area contributed by atoms with Crippen molar-refractivity contribution in [2.24, 2.45) is 0 Å². The minimum Gasteiger partial charge on any atom is -0.406 e. The number of hydrogen-bond acceptors (Lipinski definition) is 1. The van der Waals surface area contributed by atoms with E-state index in [1.165, 1.54) is 55.5 Å². The number of aryl methyl sites for hydroxylation is 1. The number of unbranched alkanes of at least 4 members (excludes halogenated alkanes) is 4. The smallest absolute Gasteiger partial charge is 0.406 e. The second kappa shape index (κ2) is 10.3. The fourth-order valence-corrected chi connectivity index (χ4v) is 3.41. The first-order valence-electron chi connectivity index (χ1n) is 10.4. The van der Waals surface area contributed by atoms with Gasteiger partial charge < -0.3 is 4.74 Å². The van der Waals surface area contributed by atoms with E-state index >= 15 is 0 Å². The van der Waals surface area contributed by atoms with E-state index in [1.807, 2.05) is 18.2 Å². The quantitative estimate of drug-likeness (QED) is 0.212. The molecule has 0 bridgehead atoms. The summed E-state index contributed by atoms with van der Waals surface area (Å²) in [6, 6.07) is 14.4. The first kappa shape index (κ1) is 22.7. The van der Waals surface area contributed by atoms with Crippen molar-refractivity contribution in [3.63, 3.8) is 0 Å². The molecule has 0 spiro atoms. The Kier molecular flexibility index (Phi) is 7.57. The van der Waals surface area contributed by atoms with Crippen molar-refractivity contribution >= 4 is 10.8 Å². The Balaban J connectivity index is 1.71. The lowest BCUT2D eigenvalue weighted by molar-refractivity contribution is -0.274. The molecule has 0 aliphatic rings. The second-order valence-electron chi connectivity index (χ2n) is 7.47. The van der Waals surface area contributed by atoms with Crippen molar-refractivity contribution < 1.29 is 22.3 Å². The zero-order valence-corrected chi connectivity index (χ0v) is 17.4. The maximum atomic E-state index is 14.9. The third-order valence-corrected chi connectivity index (χ3v) is 5.02. The molecule has 0 unspecified atom stereocenters. The number of rotatable bonds is 7. The van der Waals surface area contributed by atoms with Gasteiger partial charge in [-0.15, -0.1) is 13.2 Å². The molecule has 0 fully saturated rings. The van der Waals surface area contributed by atoms with Gasteiger partial charge in [0.1, 0.15) is 11.6 Å². The molecule has 0 aliphatic carbocycles. The van der Waals surface area contributed by atoms with Crippen molar-refractivity contribution in [1.29, 1.82) is 0 Å². The molecule has 3 aromatic carbocycles. The van der Waals surface area contributed by atoms with E-state index in [1.54, 1.807) is 12.1 Å². The highest BCUT2D eigenvalue weighted by atomic mass is 19.4. The minimum absolute atomic E-state index is 0.246. The fraction of sp³-hybridized carbons (Fsp3) is 0.308. The average Bonchev–Trinajstić information content (AvgIpc) is 2.73. The van der Waals surface area contributed by atoms with E-state index < -0.39 is 12.2 Å². The molecular weight excluding hydrogens is 404 g/mol. The third kappa shape index (κ3) is 6.75. The van der Waals surface area contributed by atoms with Gasteiger partial charge in [0.25, 0.3) is 0 Å². The van der Waals surface area contributed by atoms with Crippen LogP contribution in [0.2, 0.25) is 0 Å². The van der Waals surface area contributed by atoms with Gasteiger partial charge in [-0.05, 0) is 54.1 Å². The van der Waals surface area contributed by atoms with E-state index in [0.717, 1.165) is 18.2 Å². The van der Waals surface area contributed by atoms with Crippen LogP contribution in [0, 0.1) is 17.7 Å². The largest absolute Gasteiger partial charge is 0.573 e. The van der Waals surface area contributed by atoms with Gasteiger partial charge in [-0.1, -0.05) is 68.7 Å². The van der Waals surface area contributed by atoms with Crippen LogP contribution in [-0.4, -0.2) is 6.36 Å². The predicted octanol–water partition coefficient (Wildman–Crippen LogP) is 7.79. The highest BCUT2D eigenvalue weighted by Crippen LogP contribution is 2.24. The van der Waals surface area contributed by atoms with Crippen LogP contribution in [-0.2, 0) is 6.42 Å². The molecule has 0 aromatic heterocycles. The summed E-state index contributed by atoms with van der Waals surface area (Å²) in [5.74, 6) is 4.84. The van der Waals surface area contributed by atoms with E-state index in [0.29, 0.717) is 10.9 Å². The highest BCUT2D eigenvalue weighted by molar-refractivity contribution is 5.85. The monoisotopic (exact) mass is 428 g/mol. The van der Waals surface area contributed by atoms with E-state index in [-0.39, 0.29) is 11.3 Å². The second-order valence-corrected chi connectivity index (χ2v) is 7.47. The molecule has 31 heavy (non-hydrogen) atoms. The Morgan fingerprint density at radius 2 is 1.58 bits per heavy atom. The molecular formula is C26H24F4O. The number of halogens is 4. The van der Waals surface area contributed by atoms with Crippen LogP contribution in [0.15, 0.2) is 54.6 Å².